The molecule has 2 aromatic carbocycles. The number of nitrogens with one attached hydrogen (secondary N) is 1. The van der Waals surface area contributed by atoms with Gasteiger partial charge in [0.05, 0.1) is 18.2 Å². The molecule has 1 fully saturated rings. The lowest BCUT2D eigenvalue weighted by Gasteiger charge is -2.38. The molecule has 3 rings (SSSR count). The third kappa shape index (κ3) is 4.29. The minimum Gasteiger partial charge on any atom is -0.495 e. The van der Waals surface area contributed by atoms with E-state index in [1.807, 2.05) is 13.0 Å². The summed E-state index contributed by atoms with van der Waals surface area (Å²) >= 11 is 6.12. The monoisotopic (exact) mass is 373 g/mol. The number of rotatable bonds is 5. The van der Waals surface area contributed by atoms with Gasteiger partial charge in [-0.3, -0.25) is 9.69 Å². The highest BCUT2D eigenvalue weighted by Crippen LogP contribution is 2.27. The number of benzene rings is 2. The first-order valence-electron chi connectivity index (χ1n) is 8.77. The second-order valence-corrected chi connectivity index (χ2v) is 6.78. The first-order valence-corrected chi connectivity index (χ1v) is 9.14. The van der Waals surface area contributed by atoms with Crippen molar-refractivity contribution in [2.24, 2.45) is 0 Å². The number of halogens is 1. The highest BCUT2D eigenvalue weighted by atomic mass is 35.5. The summed E-state index contributed by atoms with van der Waals surface area (Å²) in [5.74, 6) is 0.564. The quantitative estimate of drug-likeness (QED) is 0.871. The van der Waals surface area contributed by atoms with Crippen molar-refractivity contribution < 1.29 is 9.53 Å². The highest BCUT2D eigenvalue weighted by molar-refractivity contribution is 6.32. The molecule has 2 aromatic rings. The second kappa shape index (κ2) is 8.43. The Morgan fingerprint density at radius 1 is 1.12 bits per heavy atom. The van der Waals surface area contributed by atoms with E-state index in [1.165, 1.54) is 5.69 Å². The minimum absolute atomic E-state index is 0.0283. The SMILES string of the molecule is COc1ccc(NC(=O)C(C)N2CCN(c3ccccc3)CC2)cc1Cl. The van der Waals surface area contributed by atoms with Crippen molar-refractivity contribution in [3.05, 3.63) is 53.6 Å². The van der Waals surface area contributed by atoms with Crippen LogP contribution in [0.5, 0.6) is 5.75 Å². The second-order valence-electron chi connectivity index (χ2n) is 6.37. The Hall–Kier alpha value is -2.24. The molecule has 6 heteroatoms. The average Bonchev–Trinajstić information content (AvgIpc) is 2.68. The van der Waals surface area contributed by atoms with Gasteiger partial charge in [-0.05, 0) is 37.3 Å². The smallest absolute Gasteiger partial charge is 0.241 e. The van der Waals surface area contributed by atoms with E-state index in [9.17, 15) is 4.79 Å². The molecule has 1 aliphatic rings. The van der Waals surface area contributed by atoms with Crippen LogP contribution in [0.4, 0.5) is 11.4 Å². The first-order chi connectivity index (χ1) is 12.6. The van der Waals surface area contributed by atoms with Gasteiger partial charge in [0.15, 0.2) is 0 Å². The Morgan fingerprint density at radius 3 is 2.42 bits per heavy atom. The fourth-order valence-corrected chi connectivity index (χ4v) is 3.42. The minimum atomic E-state index is -0.200. The van der Waals surface area contributed by atoms with Gasteiger partial charge < -0.3 is 15.0 Å². The van der Waals surface area contributed by atoms with E-state index in [4.69, 9.17) is 16.3 Å². The lowest BCUT2D eigenvalue weighted by atomic mass is 10.2. The molecule has 1 unspecified atom stereocenters. The topological polar surface area (TPSA) is 44.8 Å². The first kappa shape index (κ1) is 18.5. The van der Waals surface area contributed by atoms with Gasteiger partial charge in [0.1, 0.15) is 5.75 Å². The van der Waals surface area contributed by atoms with E-state index in [0.717, 1.165) is 26.2 Å². The van der Waals surface area contributed by atoms with Crippen molar-refractivity contribution in [1.29, 1.82) is 0 Å². The molecule has 0 aromatic heterocycles. The van der Waals surface area contributed by atoms with E-state index in [-0.39, 0.29) is 11.9 Å². The van der Waals surface area contributed by atoms with E-state index < -0.39 is 0 Å². The zero-order valence-electron chi connectivity index (χ0n) is 15.1. The molecule has 0 aliphatic carbocycles. The molecule has 1 aliphatic heterocycles. The number of hydrogen-bond donors (Lipinski definition) is 1. The van der Waals surface area contributed by atoms with E-state index in [2.05, 4.69) is 39.4 Å². The van der Waals surface area contributed by atoms with Crippen LogP contribution in [-0.4, -0.2) is 50.1 Å². The third-order valence-electron chi connectivity index (χ3n) is 4.78. The Kier molecular flexibility index (Phi) is 6.01. The number of para-hydroxylation sites is 1. The van der Waals surface area contributed by atoms with Crippen LogP contribution < -0.4 is 15.0 Å². The molecule has 138 valence electrons. The Bertz CT molecular complexity index is 746. The number of methoxy groups -OCH3 is 1. The van der Waals surface area contributed by atoms with Crippen LogP contribution in [-0.2, 0) is 4.79 Å². The van der Waals surface area contributed by atoms with E-state index in [0.29, 0.717) is 16.5 Å². The van der Waals surface area contributed by atoms with Crippen molar-refractivity contribution in [1.82, 2.24) is 4.90 Å². The molecule has 0 bridgehead atoms. The van der Waals surface area contributed by atoms with Crippen LogP contribution in [0, 0.1) is 0 Å². The van der Waals surface area contributed by atoms with E-state index in [1.54, 1.807) is 25.3 Å². The molecule has 1 N–H and O–H groups in total. The lowest BCUT2D eigenvalue weighted by molar-refractivity contribution is -0.120. The van der Waals surface area contributed by atoms with Crippen LogP contribution >= 0.6 is 11.6 Å². The van der Waals surface area contributed by atoms with Crippen molar-refractivity contribution in [3.63, 3.8) is 0 Å². The molecule has 5 nitrogen and oxygen atoms in total. The Morgan fingerprint density at radius 2 is 1.81 bits per heavy atom. The zero-order valence-corrected chi connectivity index (χ0v) is 15.9. The molecular formula is C20H24ClN3O2. The number of anilines is 2. The van der Waals surface area contributed by atoms with Crippen molar-refractivity contribution >= 4 is 28.9 Å². The summed E-state index contributed by atoms with van der Waals surface area (Å²) in [6.45, 7) is 5.48. The van der Waals surface area contributed by atoms with Gasteiger partial charge in [-0.25, -0.2) is 0 Å². The van der Waals surface area contributed by atoms with Crippen molar-refractivity contribution in [3.8, 4) is 5.75 Å². The molecule has 1 atom stereocenters. The maximum absolute atomic E-state index is 12.6. The summed E-state index contributed by atoms with van der Waals surface area (Å²) in [4.78, 5) is 17.1. The van der Waals surface area contributed by atoms with Gasteiger partial charge >= 0.3 is 0 Å². The average molecular weight is 374 g/mol. The lowest BCUT2D eigenvalue weighted by Crippen LogP contribution is -2.52. The van der Waals surface area contributed by atoms with E-state index >= 15 is 0 Å². The summed E-state index contributed by atoms with van der Waals surface area (Å²) in [5.41, 5.74) is 1.91. The molecule has 1 heterocycles. The molecule has 0 spiro atoms. The van der Waals surface area contributed by atoms with Crippen LogP contribution in [0.3, 0.4) is 0 Å². The fourth-order valence-electron chi connectivity index (χ4n) is 3.16. The number of carbonyl (C=O) groups is 1. The summed E-state index contributed by atoms with van der Waals surface area (Å²) in [7, 11) is 1.57. The zero-order chi connectivity index (χ0) is 18.5. The Labute approximate surface area is 159 Å². The number of carbonyl (C=O) groups excluding carboxylic acids is 1. The van der Waals surface area contributed by atoms with Crippen LogP contribution in [0.1, 0.15) is 6.92 Å². The number of piperazine rings is 1. The van der Waals surface area contributed by atoms with Gasteiger partial charge in [-0.2, -0.15) is 0 Å². The molecule has 26 heavy (non-hydrogen) atoms. The molecule has 0 radical (unpaired) electrons. The number of amides is 1. The largest absolute Gasteiger partial charge is 0.495 e. The van der Waals surface area contributed by atoms with Crippen molar-refractivity contribution in [2.75, 3.05) is 43.5 Å². The number of nitrogens with zero attached hydrogens (tertiary/aromatic N) is 2. The normalized spacial score (nSPS) is 16.2. The van der Waals surface area contributed by atoms with Gasteiger partial charge in [0, 0.05) is 37.6 Å². The Balaban J connectivity index is 1.55. The predicted molar refractivity (Wildman–Crippen MR) is 106 cm³/mol. The molecule has 0 saturated carbocycles. The predicted octanol–water partition coefficient (Wildman–Crippen LogP) is 3.50. The van der Waals surface area contributed by atoms with Crippen LogP contribution in [0.25, 0.3) is 0 Å². The maximum atomic E-state index is 12.6. The highest BCUT2D eigenvalue weighted by Gasteiger charge is 2.25. The van der Waals surface area contributed by atoms with Gasteiger partial charge in [-0.1, -0.05) is 29.8 Å². The summed E-state index contributed by atoms with van der Waals surface area (Å²) < 4.78 is 5.14. The number of ether oxygens (including phenoxy) is 1. The van der Waals surface area contributed by atoms with Gasteiger partial charge in [-0.15, -0.1) is 0 Å². The van der Waals surface area contributed by atoms with Crippen LogP contribution in [0.2, 0.25) is 5.02 Å². The van der Waals surface area contributed by atoms with Crippen molar-refractivity contribution in [2.45, 2.75) is 13.0 Å². The standard InChI is InChI=1S/C20H24ClN3O2/c1-15(20(25)22-16-8-9-19(26-2)18(21)14-16)23-10-12-24(13-11-23)17-6-4-3-5-7-17/h3-9,14-15H,10-13H2,1-2H3,(H,22,25). The molecule has 1 saturated heterocycles. The molecular weight excluding hydrogens is 350 g/mol. The summed E-state index contributed by atoms with van der Waals surface area (Å²) in [5, 5.41) is 3.42. The summed E-state index contributed by atoms with van der Waals surface area (Å²) in [6.07, 6.45) is 0. The maximum Gasteiger partial charge on any atom is 0.241 e. The van der Waals surface area contributed by atoms with Crippen LogP contribution in [0.15, 0.2) is 48.5 Å². The van der Waals surface area contributed by atoms with Gasteiger partial charge in [0.2, 0.25) is 5.91 Å². The summed E-state index contributed by atoms with van der Waals surface area (Å²) in [6, 6.07) is 15.4. The van der Waals surface area contributed by atoms with Gasteiger partial charge in [0.25, 0.3) is 0 Å². The molecule has 1 amide bonds. The third-order valence-corrected chi connectivity index (χ3v) is 5.08. The number of hydrogen-bond acceptors (Lipinski definition) is 4. The fraction of sp³-hybridized carbons (Fsp3) is 0.350.